The van der Waals surface area contributed by atoms with Crippen LogP contribution in [0.5, 0.6) is 5.75 Å². The predicted molar refractivity (Wildman–Crippen MR) is 199 cm³/mol. The number of methoxy groups -OCH3 is 2. The van der Waals surface area contributed by atoms with Gasteiger partial charge in [-0.2, -0.15) is 4.39 Å². The first-order valence-corrected chi connectivity index (χ1v) is 17.9. The number of aliphatic hydroxyl groups is 2. The Morgan fingerprint density at radius 1 is 0.722 bits per heavy atom. The van der Waals surface area contributed by atoms with Crippen LogP contribution in [0.3, 0.4) is 0 Å². The van der Waals surface area contributed by atoms with Crippen molar-refractivity contribution in [2.24, 2.45) is 5.92 Å². The number of hydrogen-bond acceptors (Lipinski definition) is 8. The molecule has 6 rings (SSSR count). The van der Waals surface area contributed by atoms with Crippen LogP contribution < -0.4 is 4.74 Å². The Morgan fingerprint density at radius 2 is 1.31 bits per heavy atom. The quantitative estimate of drug-likeness (QED) is 0.106. The third kappa shape index (κ3) is 8.67. The second-order valence-electron chi connectivity index (χ2n) is 13.1. The van der Waals surface area contributed by atoms with Gasteiger partial charge in [-0.25, -0.2) is 4.39 Å². The van der Waals surface area contributed by atoms with Gasteiger partial charge in [-0.05, 0) is 46.0 Å². The van der Waals surface area contributed by atoms with Crippen LogP contribution in [0.1, 0.15) is 33.4 Å². The minimum absolute atomic E-state index is 0.0226. The van der Waals surface area contributed by atoms with Crippen molar-refractivity contribution in [2.45, 2.75) is 50.0 Å². The SMILES string of the molecule is COc1ccc(Cc2cc(C3(OC)OC(O)(CO)C(OCc4ccccc4)C(OCc4ccccc4)C3COCc3ccccc3)ccc2Cl)c(F)c1F. The molecule has 5 aromatic rings. The summed E-state index contributed by atoms with van der Waals surface area (Å²) >= 11 is 6.68. The Kier molecular flexibility index (Phi) is 13.1. The molecule has 5 unspecified atom stereocenters. The monoisotopic (exact) mass is 760 g/mol. The molecule has 54 heavy (non-hydrogen) atoms. The van der Waals surface area contributed by atoms with Gasteiger partial charge in [0.2, 0.25) is 17.4 Å². The molecule has 0 aliphatic carbocycles. The van der Waals surface area contributed by atoms with Crippen LogP contribution in [-0.2, 0) is 55.7 Å². The van der Waals surface area contributed by atoms with E-state index in [0.717, 1.165) is 16.7 Å². The van der Waals surface area contributed by atoms with Crippen molar-refractivity contribution < 1.29 is 47.4 Å². The molecule has 0 saturated carbocycles. The molecule has 0 spiro atoms. The van der Waals surface area contributed by atoms with E-state index in [0.29, 0.717) is 11.1 Å². The number of halogens is 3. The number of hydrogen-bond donors (Lipinski definition) is 2. The summed E-state index contributed by atoms with van der Waals surface area (Å²) in [6, 6.07) is 36.2. The van der Waals surface area contributed by atoms with Gasteiger partial charge in [0.05, 0.1) is 46.1 Å². The van der Waals surface area contributed by atoms with E-state index in [1.165, 1.54) is 26.4 Å². The molecule has 5 aromatic carbocycles. The number of ether oxygens (including phenoxy) is 6. The molecule has 1 aliphatic rings. The molecule has 2 N–H and O–H groups in total. The molecule has 0 aromatic heterocycles. The standard InChI is InChI=1S/C43H43ClF2O8/c1-49-37-21-18-32(38(45)39(37)46)22-33-23-34(19-20-36(33)44)43(50-2)35(27-51-24-29-12-6-3-7-13-29)40(52-25-30-14-8-4-9-15-30)41(42(48,28-47)54-43)53-26-31-16-10-5-11-17-31/h3-21,23,35,40-41,47-48H,22,24-28H2,1-2H3. The minimum Gasteiger partial charge on any atom is -0.494 e. The van der Waals surface area contributed by atoms with E-state index in [9.17, 15) is 14.6 Å². The van der Waals surface area contributed by atoms with Crippen LogP contribution >= 0.6 is 11.6 Å². The van der Waals surface area contributed by atoms with E-state index >= 15 is 4.39 Å². The highest BCUT2D eigenvalue weighted by molar-refractivity contribution is 6.31. The van der Waals surface area contributed by atoms with Crippen molar-refractivity contribution in [3.8, 4) is 5.75 Å². The molecule has 0 amide bonds. The molecular formula is C43H43ClF2O8. The molecule has 5 atom stereocenters. The molecule has 1 saturated heterocycles. The van der Waals surface area contributed by atoms with Gasteiger partial charge in [0.15, 0.2) is 11.6 Å². The molecule has 1 aliphatic heterocycles. The smallest absolute Gasteiger partial charge is 0.221 e. The second kappa shape index (κ2) is 17.9. The van der Waals surface area contributed by atoms with Crippen molar-refractivity contribution in [3.63, 3.8) is 0 Å². The summed E-state index contributed by atoms with van der Waals surface area (Å²) in [6.45, 7) is -0.505. The molecule has 8 nitrogen and oxygen atoms in total. The highest BCUT2D eigenvalue weighted by atomic mass is 35.5. The summed E-state index contributed by atoms with van der Waals surface area (Å²) < 4.78 is 67.2. The number of benzene rings is 5. The Labute approximate surface area is 318 Å². The fourth-order valence-electron chi connectivity index (χ4n) is 6.82. The molecule has 1 heterocycles. The summed E-state index contributed by atoms with van der Waals surface area (Å²) in [5.74, 6) is -7.49. The topological polar surface area (TPSA) is 95.8 Å². The van der Waals surface area contributed by atoms with Crippen molar-refractivity contribution in [3.05, 3.63) is 171 Å². The third-order valence-corrected chi connectivity index (χ3v) is 10.00. The summed E-state index contributed by atoms with van der Waals surface area (Å²) in [6.07, 6.45) is -2.36. The Hall–Kier alpha value is -4.23. The molecule has 11 heteroatoms. The normalized spacial score (nSPS) is 22.6. The summed E-state index contributed by atoms with van der Waals surface area (Å²) in [5, 5.41) is 23.4. The van der Waals surface area contributed by atoms with Gasteiger partial charge in [-0.3, -0.25) is 0 Å². The Balaban J connectivity index is 1.44. The zero-order valence-corrected chi connectivity index (χ0v) is 30.8. The lowest BCUT2D eigenvalue weighted by Gasteiger charge is -2.55. The van der Waals surface area contributed by atoms with Crippen LogP contribution in [0.4, 0.5) is 8.78 Å². The Morgan fingerprint density at radius 3 is 1.89 bits per heavy atom. The third-order valence-electron chi connectivity index (χ3n) is 9.63. The lowest BCUT2D eigenvalue weighted by Crippen LogP contribution is -2.69. The Bertz CT molecular complexity index is 1950. The van der Waals surface area contributed by atoms with E-state index in [4.69, 9.17) is 40.0 Å². The second-order valence-corrected chi connectivity index (χ2v) is 13.5. The minimum atomic E-state index is -2.37. The molecule has 0 bridgehead atoms. The van der Waals surface area contributed by atoms with Gasteiger partial charge in [0.1, 0.15) is 12.2 Å². The predicted octanol–water partition coefficient (Wildman–Crippen LogP) is 7.73. The van der Waals surface area contributed by atoms with Gasteiger partial charge in [-0.15, -0.1) is 0 Å². The molecule has 284 valence electrons. The average Bonchev–Trinajstić information content (AvgIpc) is 3.21. The highest BCUT2D eigenvalue weighted by Gasteiger charge is 2.63. The average molecular weight is 761 g/mol. The summed E-state index contributed by atoms with van der Waals surface area (Å²) in [5.41, 5.74) is 3.41. The van der Waals surface area contributed by atoms with E-state index < -0.39 is 47.9 Å². The zero-order valence-electron chi connectivity index (χ0n) is 30.0. The van der Waals surface area contributed by atoms with Gasteiger partial charge in [0, 0.05) is 24.1 Å². The van der Waals surface area contributed by atoms with Gasteiger partial charge in [-0.1, -0.05) is 115 Å². The maximum absolute atomic E-state index is 15.2. The first kappa shape index (κ1) is 39.5. The first-order valence-electron chi connectivity index (χ1n) is 17.5. The van der Waals surface area contributed by atoms with E-state index in [-0.39, 0.29) is 49.2 Å². The van der Waals surface area contributed by atoms with Crippen LogP contribution in [-0.4, -0.2) is 55.6 Å². The van der Waals surface area contributed by atoms with Crippen molar-refractivity contribution in [1.82, 2.24) is 0 Å². The number of aliphatic hydroxyl groups excluding tert-OH is 1. The van der Waals surface area contributed by atoms with Gasteiger partial charge >= 0.3 is 0 Å². The zero-order chi connectivity index (χ0) is 38.1. The van der Waals surface area contributed by atoms with Crippen molar-refractivity contribution in [1.29, 1.82) is 0 Å². The first-order chi connectivity index (χ1) is 26.2. The van der Waals surface area contributed by atoms with Crippen molar-refractivity contribution >= 4 is 11.6 Å². The summed E-state index contributed by atoms with van der Waals surface area (Å²) in [7, 11) is 2.67. The fraction of sp³-hybridized carbons (Fsp3) is 0.302. The van der Waals surface area contributed by atoms with E-state index in [1.807, 2.05) is 91.0 Å². The van der Waals surface area contributed by atoms with Crippen LogP contribution in [0.15, 0.2) is 121 Å². The molecular weight excluding hydrogens is 718 g/mol. The lowest BCUT2D eigenvalue weighted by atomic mass is 9.78. The van der Waals surface area contributed by atoms with Crippen LogP contribution in [0, 0.1) is 17.6 Å². The molecule has 1 fully saturated rings. The van der Waals surface area contributed by atoms with Gasteiger partial charge < -0.3 is 38.6 Å². The molecule has 0 radical (unpaired) electrons. The largest absolute Gasteiger partial charge is 0.494 e. The van der Waals surface area contributed by atoms with E-state index in [2.05, 4.69) is 0 Å². The highest BCUT2D eigenvalue weighted by Crippen LogP contribution is 2.49. The summed E-state index contributed by atoms with van der Waals surface area (Å²) in [4.78, 5) is 0. The lowest BCUT2D eigenvalue weighted by molar-refractivity contribution is -0.449. The fourth-order valence-corrected chi connectivity index (χ4v) is 7.01. The van der Waals surface area contributed by atoms with E-state index in [1.54, 1.807) is 18.2 Å². The van der Waals surface area contributed by atoms with Crippen LogP contribution in [0.2, 0.25) is 5.02 Å². The van der Waals surface area contributed by atoms with Crippen molar-refractivity contribution in [2.75, 3.05) is 27.4 Å². The van der Waals surface area contributed by atoms with Gasteiger partial charge in [0.25, 0.3) is 0 Å². The van der Waals surface area contributed by atoms with Crippen LogP contribution in [0.25, 0.3) is 0 Å². The number of rotatable bonds is 16. The maximum Gasteiger partial charge on any atom is 0.221 e. The maximum atomic E-state index is 15.2.